The summed E-state index contributed by atoms with van der Waals surface area (Å²) in [6, 6.07) is 46.7. The third-order valence-corrected chi connectivity index (χ3v) is 5.57. The van der Waals surface area contributed by atoms with Crippen LogP contribution in [0.15, 0.2) is 140 Å². The van der Waals surface area contributed by atoms with Crippen LogP contribution in [-0.2, 0) is 20.1 Å². The van der Waals surface area contributed by atoms with Crippen molar-refractivity contribution in [3.8, 4) is 44.9 Å². The standard InChI is InChI=1S/C17H12N.C16H11N2.Ir/c1-3-7-14(8-4-1)16-11-12-17(18-13-16)15-9-5-2-6-10-15;1-2-6-13(7-3-1)14-8-4-9-15(12-14)16-17-10-5-11-18-16;/h1-9,11-13H;1-8,10-12H;/q2*-1;. The first-order valence-electron chi connectivity index (χ1n) is 11.7. The van der Waals surface area contributed by atoms with Crippen molar-refractivity contribution in [1.82, 2.24) is 15.0 Å². The minimum atomic E-state index is 0. The molecule has 2 aromatic heterocycles. The summed E-state index contributed by atoms with van der Waals surface area (Å²) >= 11 is 0. The van der Waals surface area contributed by atoms with E-state index in [0.29, 0.717) is 5.82 Å². The maximum atomic E-state index is 4.49. The van der Waals surface area contributed by atoms with Crippen LogP contribution in [0.25, 0.3) is 44.9 Å². The fourth-order valence-electron chi connectivity index (χ4n) is 3.75. The molecule has 0 unspecified atom stereocenters. The Labute approximate surface area is 231 Å². The number of pyridine rings is 1. The first-order valence-corrected chi connectivity index (χ1v) is 11.7. The van der Waals surface area contributed by atoms with E-state index >= 15 is 0 Å². The summed E-state index contributed by atoms with van der Waals surface area (Å²) in [5.74, 6) is 0.704. The second kappa shape index (κ2) is 13.2. The Bertz CT molecular complexity index is 1380. The fraction of sp³-hybridized carbons (Fsp3) is 0. The van der Waals surface area contributed by atoms with Gasteiger partial charge in [0.1, 0.15) is 0 Å². The smallest absolute Gasteiger partial charge is 0.0748 e. The fourth-order valence-corrected chi connectivity index (χ4v) is 3.75. The van der Waals surface area contributed by atoms with Crippen molar-refractivity contribution >= 4 is 0 Å². The number of hydrogen-bond donors (Lipinski definition) is 0. The quantitative estimate of drug-likeness (QED) is 0.182. The van der Waals surface area contributed by atoms with Crippen molar-refractivity contribution in [2.24, 2.45) is 0 Å². The molecule has 0 aliphatic carbocycles. The van der Waals surface area contributed by atoms with E-state index in [4.69, 9.17) is 0 Å². The molecule has 0 aliphatic heterocycles. The molecule has 0 N–H and O–H groups in total. The molecule has 37 heavy (non-hydrogen) atoms. The molecular weight excluding hydrogens is 631 g/mol. The first kappa shape index (κ1) is 25.8. The summed E-state index contributed by atoms with van der Waals surface area (Å²) in [5.41, 5.74) is 7.55. The Kier molecular flexibility index (Phi) is 9.20. The predicted molar refractivity (Wildman–Crippen MR) is 146 cm³/mol. The molecule has 0 saturated carbocycles. The van der Waals surface area contributed by atoms with E-state index in [0.717, 1.165) is 27.9 Å². The van der Waals surface area contributed by atoms with E-state index in [-0.39, 0.29) is 20.1 Å². The Morgan fingerprint density at radius 1 is 0.459 bits per heavy atom. The van der Waals surface area contributed by atoms with Crippen molar-refractivity contribution in [2.45, 2.75) is 0 Å². The topological polar surface area (TPSA) is 38.7 Å². The van der Waals surface area contributed by atoms with Crippen molar-refractivity contribution in [3.63, 3.8) is 0 Å². The summed E-state index contributed by atoms with van der Waals surface area (Å²) in [7, 11) is 0. The van der Waals surface area contributed by atoms with Crippen molar-refractivity contribution < 1.29 is 20.1 Å². The summed E-state index contributed by atoms with van der Waals surface area (Å²) in [6.45, 7) is 0. The maximum Gasteiger partial charge on any atom is 0.0748 e. The van der Waals surface area contributed by atoms with Crippen LogP contribution in [0, 0.1) is 12.1 Å². The Morgan fingerprint density at radius 2 is 1.11 bits per heavy atom. The molecule has 0 saturated heterocycles. The molecule has 0 bridgehead atoms. The summed E-state index contributed by atoms with van der Waals surface area (Å²) < 4.78 is 0. The number of nitrogens with zero attached hydrogens (tertiary/aromatic N) is 3. The molecule has 6 rings (SSSR count). The van der Waals surface area contributed by atoms with Crippen LogP contribution < -0.4 is 0 Å². The van der Waals surface area contributed by atoms with Gasteiger partial charge in [-0.15, -0.1) is 71.3 Å². The average molecular weight is 654 g/mol. The maximum absolute atomic E-state index is 4.49. The molecule has 3 nitrogen and oxygen atoms in total. The zero-order valence-electron chi connectivity index (χ0n) is 20.0. The molecule has 0 atom stereocenters. The van der Waals surface area contributed by atoms with Crippen molar-refractivity contribution in [1.29, 1.82) is 0 Å². The molecule has 0 aliphatic rings. The van der Waals surface area contributed by atoms with Gasteiger partial charge in [-0.2, -0.15) is 0 Å². The predicted octanol–water partition coefficient (Wildman–Crippen LogP) is 7.82. The number of hydrogen-bond acceptors (Lipinski definition) is 3. The third-order valence-electron chi connectivity index (χ3n) is 5.57. The Hall–Kier alpha value is -4.24. The first-order chi connectivity index (χ1) is 17.9. The monoisotopic (exact) mass is 654 g/mol. The average Bonchev–Trinajstić information content (AvgIpc) is 2.99. The second-order valence-corrected chi connectivity index (χ2v) is 8.00. The summed E-state index contributed by atoms with van der Waals surface area (Å²) in [5, 5.41) is 0. The van der Waals surface area contributed by atoms with E-state index in [1.165, 1.54) is 11.1 Å². The van der Waals surface area contributed by atoms with Gasteiger partial charge in [0, 0.05) is 38.7 Å². The normalized spacial score (nSPS) is 9.95. The molecule has 0 spiro atoms. The minimum absolute atomic E-state index is 0. The molecule has 2 heterocycles. The van der Waals surface area contributed by atoms with Crippen LogP contribution in [0.1, 0.15) is 0 Å². The van der Waals surface area contributed by atoms with Gasteiger partial charge in [-0.25, -0.2) is 0 Å². The number of benzene rings is 4. The van der Waals surface area contributed by atoms with Crippen LogP contribution in [-0.4, -0.2) is 15.0 Å². The van der Waals surface area contributed by atoms with Gasteiger partial charge >= 0.3 is 0 Å². The zero-order valence-corrected chi connectivity index (χ0v) is 22.3. The van der Waals surface area contributed by atoms with Crippen LogP contribution in [0.5, 0.6) is 0 Å². The SMILES string of the molecule is [Ir].[c-]1ccc(-c2ccccc2)cc1-c1ncccn1.[c-]1ccccc1-c1ccc(-c2ccccc2)cn1. The van der Waals surface area contributed by atoms with Crippen molar-refractivity contribution in [3.05, 3.63) is 152 Å². The molecule has 4 heteroatoms. The van der Waals surface area contributed by atoms with Gasteiger partial charge in [-0.05, 0) is 28.5 Å². The van der Waals surface area contributed by atoms with Gasteiger partial charge in [0.05, 0.1) is 5.82 Å². The third kappa shape index (κ3) is 6.92. The number of aromatic nitrogens is 3. The number of rotatable bonds is 4. The minimum Gasteiger partial charge on any atom is -0.304 e. The van der Waals surface area contributed by atoms with Gasteiger partial charge in [-0.3, -0.25) is 9.97 Å². The van der Waals surface area contributed by atoms with E-state index < -0.39 is 0 Å². The van der Waals surface area contributed by atoms with E-state index in [2.05, 4.69) is 63.5 Å². The van der Waals surface area contributed by atoms with Gasteiger partial charge in [-0.1, -0.05) is 72.8 Å². The van der Waals surface area contributed by atoms with Crippen LogP contribution in [0.3, 0.4) is 0 Å². The molecule has 181 valence electrons. The van der Waals surface area contributed by atoms with E-state index in [1.54, 1.807) is 12.4 Å². The molecule has 6 aromatic rings. The summed E-state index contributed by atoms with van der Waals surface area (Å²) in [4.78, 5) is 13.0. The zero-order chi connectivity index (χ0) is 24.4. The largest absolute Gasteiger partial charge is 0.304 e. The van der Waals surface area contributed by atoms with Gasteiger partial charge in [0.15, 0.2) is 0 Å². The van der Waals surface area contributed by atoms with Crippen molar-refractivity contribution in [2.75, 3.05) is 0 Å². The second-order valence-electron chi connectivity index (χ2n) is 8.00. The Balaban J connectivity index is 0.000000168. The van der Waals surface area contributed by atoms with Crippen LogP contribution >= 0.6 is 0 Å². The molecule has 1 radical (unpaired) electrons. The van der Waals surface area contributed by atoms with Gasteiger partial charge in [0.25, 0.3) is 0 Å². The van der Waals surface area contributed by atoms with E-state index in [9.17, 15) is 0 Å². The van der Waals surface area contributed by atoms with Crippen LogP contribution in [0.4, 0.5) is 0 Å². The summed E-state index contributed by atoms with van der Waals surface area (Å²) in [6.07, 6.45) is 5.39. The molecular formula is C33H23IrN3-2. The van der Waals surface area contributed by atoms with Gasteiger partial charge < -0.3 is 4.98 Å². The Morgan fingerprint density at radius 3 is 1.73 bits per heavy atom. The van der Waals surface area contributed by atoms with Crippen LogP contribution in [0.2, 0.25) is 0 Å². The molecule has 4 aromatic carbocycles. The van der Waals surface area contributed by atoms with E-state index in [1.807, 2.05) is 91.1 Å². The molecule has 0 fully saturated rings. The molecule has 0 amide bonds. The van der Waals surface area contributed by atoms with Gasteiger partial charge in [0.2, 0.25) is 0 Å².